The first-order valence-electron chi connectivity index (χ1n) is 9.28. The lowest BCUT2D eigenvalue weighted by Crippen LogP contribution is -2.85. The van der Waals surface area contributed by atoms with Crippen molar-refractivity contribution >= 4 is 34.3 Å². The van der Waals surface area contributed by atoms with E-state index in [-0.39, 0.29) is 0 Å². The van der Waals surface area contributed by atoms with Gasteiger partial charge in [0.2, 0.25) is 0 Å². The van der Waals surface area contributed by atoms with Crippen molar-refractivity contribution in [2.75, 3.05) is 14.1 Å². The molecule has 158 valence electrons. The first-order chi connectivity index (χ1) is 10.9. The Morgan fingerprint density at radius 2 is 0.885 bits per heavy atom. The Balaban J connectivity index is 6.98. The molecule has 26 heavy (non-hydrogen) atoms. The Morgan fingerprint density at radius 1 is 0.615 bits per heavy atom. The highest BCUT2D eigenvalue weighted by Crippen LogP contribution is 2.48. The molecule has 0 atom stereocenters. The molecule has 0 fully saturated rings. The van der Waals surface area contributed by atoms with Crippen LogP contribution in [0.4, 0.5) is 12.3 Å². The van der Waals surface area contributed by atoms with Crippen LogP contribution in [0, 0.1) is 0 Å². The Hall–Kier alpha value is 0.538. The van der Waals surface area contributed by atoms with Crippen LogP contribution in [-0.2, 0) is 0 Å². The van der Waals surface area contributed by atoms with Crippen molar-refractivity contribution in [3.63, 3.8) is 0 Å². The van der Waals surface area contributed by atoms with E-state index in [1.165, 1.54) is 0 Å². The second kappa shape index (κ2) is 7.41. The van der Waals surface area contributed by atoms with Crippen molar-refractivity contribution in [2.45, 2.75) is 91.4 Å². The maximum Gasteiger partial charge on any atom is 0.510 e. The number of hydrogen-bond donors (Lipinski definition) is 0. The minimum atomic E-state index is -5.11. The van der Waals surface area contributed by atoms with Crippen molar-refractivity contribution in [3.05, 3.63) is 0 Å². The molecule has 0 bridgehead atoms. The van der Waals surface area contributed by atoms with Crippen molar-refractivity contribution in [2.24, 2.45) is 0 Å². The molecule has 0 rings (SSSR count). The normalized spacial score (nSPS) is 16.2. The summed E-state index contributed by atoms with van der Waals surface area (Å²) in [5.74, 6) is 0. The molecule has 0 heterocycles. The fourth-order valence-electron chi connectivity index (χ4n) is 2.74. The summed E-state index contributed by atoms with van der Waals surface area (Å²) in [5, 5.41) is -1.24. The molecule has 0 saturated heterocycles. The van der Waals surface area contributed by atoms with Gasteiger partial charge in [-0.3, -0.25) is 20.8 Å². The third-order valence-corrected chi connectivity index (χ3v) is 22.4. The van der Waals surface area contributed by atoms with Crippen molar-refractivity contribution < 1.29 is 12.3 Å². The summed E-state index contributed by atoms with van der Waals surface area (Å²) in [6.45, 7) is 22.0. The number of nitrogens with zero attached hydrogens (tertiary/aromatic N) is 3. The second-order valence-electron chi connectivity index (χ2n) is 11.3. The summed E-state index contributed by atoms with van der Waals surface area (Å²) in [6, 6.07) is 0. The molecule has 0 aromatic rings. The first kappa shape index (κ1) is 26.5. The Kier molecular flexibility index (Phi) is 7.57. The molecule has 10 heteroatoms. The number of hydrogen-bond acceptors (Lipinski definition) is 3. The molecule has 0 unspecified atom stereocenters. The number of halogens is 3. The molecule has 0 spiro atoms. The predicted octanol–water partition coefficient (Wildman–Crippen LogP) is 5.70. The Labute approximate surface area is 165 Å². The second-order valence-corrected chi connectivity index (χ2v) is 28.6. The molecular formula is C16H42F3N3Si4. The molecule has 0 aromatic carbocycles. The van der Waals surface area contributed by atoms with Gasteiger partial charge in [-0.1, -0.05) is 60.1 Å². The summed E-state index contributed by atoms with van der Waals surface area (Å²) in [6.07, 6.45) is 0. The van der Waals surface area contributed by atoms with Crippen molar-refractivity contribution in [1.82, 2.24) is 12.7 Å². The third-order valence-electron chi connectivity index (χ3n) is 5.00. The smallest absolute Gasteiger partial charge is 0.299 e. The van der Waals surface area contributed by atoms with E-state index in [1.807, 2.05) is 39.3 Å². The fourth-order valence-corrected chi connectivity index (χ4v) is 18.7. The van der Waals surface area contributed by atoms with E-state index in [1.54, 1.807) is 64.1 Å². The van der Waals surface area contributed by atoms with Gasteiger partial charge in [-0.15, -0.1) is 0 Å². The van der Waals surface area contributed by atoms with E-state index in [9.17, 15) is 0 Å². The quantitative estimate of drug-likeness (QED) is 0.383. The molecular weight excluding hydrogens is 404 g/mol. The topological polar surface area (TPSA) is 9.72 Å². The standard InChI is InChI=1S/C16H42F3N3Si4/c1-15(2,3)22(25(17,18)16(4,5)6)26(19,20(7)23(9,10)11)21(8)24(12,13)14/h1-14H3. The van der Waals surface area contributed by atoms with Crippen LogP contribution in [0.25, 0.3) is 0 Å². The van der Waals surface area contributed by atoms with E-state index in [0.29, 0.717) is 0 Å². The van der Waals surface area contributed by atoms with Gasteiger partial charge < -0.3 is 0 Å². The summed E-state index contributed by atoms with van der Waals surface area (Å²) in [7, 11) is -10.3. The van der Waals surface area contributed by atoms with Crippen LogP contribution in [0.5, 0.6) is 0 Å². The van der Waals surface area contributed by atoms with Gasteiger partial charge in [0, 0.05) is 10.6 Å². The van der Waals surface area contributed by atoms with Crippen LogP contribution in [0.2, 0.25) is 44.3 Å². The highest BCUT2D eigenvalue weighted by atomic mass is 28.5. The SMILES string of the molecule is CN([Si](C)(C)C)[Si](F)(N(C)[Si](C)(C)C)N(C(C)(C)C)[Si](F)(F)C(C)(C)C. The first-order valence-corrected chi connectivity index (χ1v) is 19.6. The lowest BCUT2D eigenvalue weighted by atomic mass is 10.1. The van der Waals surface area contributed by atoms with Crippen LogP contribution in [0.15, 0.2) is 0 Å². The molecule has 0 aliphatic carbocycles. The van der Waals surface area contributed by atoms with Crippen molar-refractivity contribution in [1.29, 1.82) is 0 Å². The van der Waals surface area contributed by atoms with Crippen LogP contribution >= 0.6 is 0 Å². The maximum absolute atomic E-state index is 17.3. The summed E-state index contributed by atoms with van der Waals surface area (Å²) in [5.41, 5.74) is -0.966. The zero-order valence-corrected chi connectivity index (χ0v) is 23.5. The molecule has 0 aliphatic heterocycles. The van der Waals surface area contributed by atoms with Crippen LogP contribution < -0.4 is 0 Å². The minimum Gasteiger partial charge on any atom is -0.299 e. The highest BCUT2D eigenvalue weighted by molar-refractivity contribution is 6.96. The largest absolute Gasteiger partial charge is 0.510 e. The van der Waals surface area contributed by atoms with Gasteiger partial charge >= 0.3 is 17.8 Å². The highest BCUT2D eigenvalue weighted by Gasteiger charge is 2.71. The zero-order chi connectivity index (χ0) is 21.7. The van der Waals surface area contributed by atoms with Crippen LogP contribution in [0.1, 0.15) is 41.5 Å². The summed E-state index contributed by atoms with van der Waals surface area (Å²) in [4.78, 5) is 0. The summed E-state index contributed by atoms with van der Waals surface area (Å²) >= 11 is 0. The van der Waals surface area contributed by atoms with Crippen LogP contribution in [-0.4, -0.2) is 66.6 Å². The van der Waals surface area contributed by atoms with E-state index < -0.39 is 44.8 Å². The maximum atomic E-state index is 17.3. The van der Waals surface area contributed by atoms with E-state index in [2.05, 4.69) is 0 Å². The average molecular weight is 446 g/mol. The van der Waals surface area contributed by atoms with Gasteiger partial charge in [0.1, 0.15) is 16.5 Å². The average Bonchev–Trinajstić information content (AvgIpc) is 2.30. The third kappa shape index (κ3) is 5.12. The Bertz CT molecular complexity index is 471. The molecule has 0 aliphatic rings. The molecule has 3 nitrogen and oxygen atoms in total. The summed E-state index contributed by atoms with van der Waals surface area (Å²) < 4.78 is 53.7. The minimum absolute atomic E-state index is 0.966. The van der Waals surface area contributed by atoms with Gasteiger partial charge in [0.05, 0.1) is 0 Å². The molecule has 0 saturated carbocycles. The van der Waals surface area contributed by atoms with Gasteiger partial charge in [-0.2, -0.15) is 0 Å². The van der Waals surface area contributed by atoms with E-state index >= 15 is 12.3 Å². The van der Waals surface area contributed by atoms with Gasteiger partial charge in [0.25, 0.3) is 0 Å². The van der Waals surface area contributed by atoms with Gasteiger partial charge in [0.15, 0.2) is 0 Å². The lowest BCUT2D eigenvalue weighted by Gasteiger charge is -2.58. The van der Waals surface area contributed by atoms with Crippen molar-refractivity contribution in [3.8, 4) is 0 Å². The van der Waals surface area contributed by atoms with E-state index in [4.69, 9.17) is 0 Å². The Morgan fingerprint density at radius 3 is 1.04 bits per heavy atom. The zero-order valence-electron chi connectivity index (χ0n) is 19.5. The molecule has 0 amide bonds. The van der Waals surface area contributed by atoms with E-state index in [0.717, 1.165) is 4.23 Å². The fraction of sp³-hybridized carbons (Fsp3) is 1.00. The molecule has 0 aromatic heterocycles. The predicted molar refractivity (Wildman–Crippen MR) is 118 cm³/mol. The van der Waals surface area contributed by atoms with Gasteiger partial charge in [-0.05, 0) is 34.9 Å². The van der Waals surface area contributed by atoms with Gasteiger partial charge in [-0.25, -0.2) is 4.23 Å². The van der Waals surface area contributed by atoms with Crippen LogP contribution in [0.3, 0.4) is 0 Å². The molecule has 0 radical (unpaired) electrons. The monoisotopic (exact) mass is 445 g/mol. The number of rotatable bonds is 6. The molecule has 0 N–H and O–H groups in total. The lowest BCUT2D eigenvalue weighted by molar-refractivity contribution is 0.209.